The molecule has 3 nitrogen and oxygen atoms in total. The van der Waals surface area contributed by atoms with Gasteiger partial charge in [-0.15, -0.1) is 0 Å². The summed E-state index contributed by atoms with van der Waals surface area (Å²) in [5.74, 6) is -0.263. The molecular weight excluding hydrogens is 190 g/mol. The van der Waals surface area contributed by atoms with Gasteiger partial charge in [0.05, 0.1) is 12.2 Å². The molecule has 2 aromatic rings. The predicted molar refractivity (Wildman–Crippen MR) is 58.1 cm³/mol. The lowest BCUT2D eigenvalue weighted by atomic mass is 10.2. The quantitative estimate of drug-likeness (QED) is 0.702. The fourth-order valence-corrected chi connectivity index (χ4v) is 1.61. The zero-order chi connectivity index (χ0) is 10.8. The van der Waals surface area contributed by atoms with Crippen molar-refractivity contribution in [2.24, 2.45) is 0 Å². The first-order valence-corrected chi connectivity index (χ1v) is 4.97. The molecule has 0 saturated carbocycles. The number of fused-ring (bicyclic) bond motifs is 1. The highest BCUT2D eigenvalue weighted by atomic mass is 16.5. The van der Waals surface area contributed by atoms with Crippen molar-refractivity contribution in [3.63, 3.8) is 0 Å². The maximum Gasteiger partial charge on any atom is 0.339 e. The highest BCUT2D eigenvalue weighted by Crippen LogP contribution is 2.14. The highest BCUT2D eigenvalue weighted by Gasteiger charge is 2.09. The average molecular weight is 203 g/mol. The average Bonchev–Trinajstić information content (AvgIpc) is 2.63. The third-order valence-corrected chi connectivity index (χ3v) is 2.36. The smallest absolute Gasteiger partial charge is 0.339 e. The van der Waals surface area contributed by atoms with E-state index in [1.54, 1.807) is 13.1 Å². The highest BCUT2D eigenvalue weighted by molar-refractivity contribution is 5.91. The van der Waals surface area contributed by atoms with Crippen molar-refractivity contribution >= 4 is 11.5 Å². The van der Waals surface area contributed by atoms with Crippen LogP contribution < -0.4 is 0 Å². The molecule has 0 radical (unpaired) electrons. The van der Waals surface area contributed by atoms with Crippen LogP contribution in [-0.4, -0.2) is 17.0 Å². The molecular formula is C12H13NO2. The van der Waals surface area contributed by atoms with Crippen LogP contribution in [0.3, 0.4) is 0 Å². The zero-order valence-electron chi connectivity index (χ0n) is 8.86. The first-order valence-electron chi connectivity index (χ1n) is 4.97. The molecule has 0 aromatic carbocycles. The molecule has 0 aliphatic carbocycles. The molecule has 0 amide bonds. The van der Waals surface area contributed by atoms with Crippen LogP contribution in [0.5, 0.6) is 0 Å². The zero-order valence-corrected chi connectivity index (χ0v) is 8.86. The van der Waals surface area contributed by atoms with Crippen molar-refractivity contribution in [3.05, 3.63) is 41.7 Å². The number of esters is 1. The van der Waals surface area contributed by atoms with Gasteiger partial charge in [-0.1, -0.05) is 6.07 Å². The van der Waals surface area contributed by atoms with Crippen LogP contribution in [-0.2, 0) is 4.74 Å². The predicted octanol–water partition coefficient (Wildman–Crippen LogP) is 2.42. The molecule has 0 saturated heterocycles. The Morgan fingerprint density at radius 1 is 1.53 bits per heavy atom. The summed E-state index contributed by atoms with van der Waals surface area (Å²) in [5, 5.41) is 0. The second-order valence-corrected chi connectivity index (χ2v) is 3.43. The van der Waals surface area contributed by atoms with Crippen LogP contribution in [0.2, 0.25) is 0 Å². The van der Waals surface area contributed by atoms with Gasteiger partial charge >= 0.3 is 5.97 Å². The lowest BCUT2D eigenvalue weighted by Crippen LogP contribution is -2.02. The van der Waals surface area contributed by atoms with E-state index < -0.39 is 0 Å². The number of rotatable bonds is 2. The molecule has 0 bridgehead atoms. The van der Waals surface area contributed by atoms with Crippen molar-refractivity contribution in [2.75, 3.05) is 6.61 Å². The van der Waals surface area contributed by atoms with E-state index in [4.69, 9.17) is 4.74 Å². The van der Waals surface area contributed by atoms with E-state index in [1.807, 2.05) is 35.7 Å². The van der Waals surface area contributed by atoms with Crippen molar-refractivity contribution in [1.29, 1.82) is 0 Å². The molecule has 0 N–H and O–H groups in total. The van der Waals surface area contributed by atoms with Gasteiger partial charge in [-0.25, -0.2) is 4.79 Å². The third kappa shape index (κ3) is 1.73. The number of carbonyl (C=O) groups is 1. The first kappa shape index (κ1) is 9.77. The van der Waals surface area contributed by atoms with Gasteiger partial charge < -0.3 is 9.14 Å². The summed E-state index contributed by atoms with van der Waals surface area (Å²) in [7, 11) is 0. The summed E-state index contributed by atoms with van der Waals surface area (Å²) in [6.45, 7) is 4.23. The molecule has 15 heavy (non-hydrogen) atoms. The van der Waals surface area contributed by atoms with Gasteiger partial charge in [-0.05, 0) is 31.5 Å². The van der Waals surface area contributed by atoms with Gasteiger partial charge in [0.25, 0.3) is 0 Å². The van der Waals surface area contributed by atoms with Gasteiger partial charge in [-0.3, -0.25) is 0 Å². The van der Waals surface area contributed by atoms with Crippen LogP contribution in [0.15, 0.2) is 30.6 Å². The lowest BCUT2D eigenvalue weighted by Gasteiger charge is -1.96. The van der Waals surface area contributed by atoms with E-state index in [2.05, 4.69) is 0 Å². The van der Waals surface area contributed by atoms with Crippen molar-refractivity contribution in [2.45, 2.75) is 13.8 Å². The maximum atomic E-state index is 11.5. The molecule has 0 aliphatic heterocycles. The Morgan fingerprint density at radius 2 is 2.33 bits per heavy atom. The summed E-state index contributed by atoms with van der Waals surface area (Å²) in [6, 6.07) is 5.83. The molecule has 2 aromatic heterocycles. The van der Waals surface area contributed by atoms with Crippen molar-refractivity contribution < 1.29 is 9.53 Å². The van der Waals surface area contributed by atoms with Gasteiger partial charge in [-0.2, -0.15) is 0 Å². The van der Waals surface area contributed by atoms with Crippen LogP contribution in [0.4, 0.5) is 0 Å². The summed E-state index contributed by atoms with van der Waals surface area (Å²) in [4.78, 5) is 11.5. The van der Waals surface area contributed by atoms with Gasteiger partial charge in [0.15, 0.2) is 0 Å². The van der Waals surface area contributed by atoms with Gasteiger partial charge in [0.1, 0.15) is 0 Å². The number of aromatic nitrogens is 1. The van der Waals surface area contributed by atoms with E-state index in [1.165, 1.54) is 0 Å². The number of hydrogen-bond donors (Lipinski definition) is 0. The number of nitrogens with zero attached hydrogens (tertiary/aromatic N) is 1. The molecule has 0 fully saturated rings. The van der Waals surface area contributed by atoms with Crippen LogP contribution in [0.1, 0.15) is 22.8 Å². The molecule has 2 heterocycles. The lowest BCUT2D eigenvalue weighted by molar-refractivity contribution is 0.0526. The Balaban J connectivity index is 2.47. The normalized spacial score (nSPS) is 10.5. The topological polar surface area (TPSA) is 30.7 Å². The SMILES string of the molecule is CCOC(=O)c1cc2c(C)cccn2c1. The van der Waals surface area contributed by atoms with E-state index >= 15 is 0 Å². The fourth-order valence-electron chi connectivity index (χ4n) is 1.61. The molecule has 78 valence electrons. The minimum absolute atomic E-state index is 0.263. The van der Waals surface area contributed by atoms with Crippen LogP contribution in [0.25, 0.3) is 5.52 Å². The Kier molecular flexibility index (Phi) is 2.46. The molecule has 0 aliphatic rings. The summed E-state index contributed by atoms with van der Waals surface area (Å²) in [6.07, 6.45) is 3.71. The molecule has 2 rings (SSSR count). The molecule has 0 unspecified atom stereocenters. The van der Waals surface area contributed by atoms with Crippen molar-refractivity contribution in [3.8, 4) is 0 Å². The fraction of sp³-hybridized carbons (Fsp3) is 0.250. The van der Waals surface area contributed by atoms with Crippen LogP contribution >= 0.6 is 0 Å². The van der Waals surface area contributed by atoms with Gasteiger partial charge in [0.2, 0.25) is 0 Å². The summed E-state index contributed by atoms with van der Waals surface area (Å²) < 4.78 is 6.88. The van der Waals surface area contributed by atoms with E-state index in [-0.39, 0.29) is 5.97 Å². The standard InChI is InChI=1S/C12H13NO2/c1-3-15-12(14)10-7-11-9(2)5-4-6-13(11)8-10/h4-8H,3H2,1-2H3. The number of aryl methyl sites for hydroxylation is 1. The Bertz CT molecular complexity index is 499. The third-order valence-electron chi connectivity index (χ3n) is 2.36. The molecule has 0 atom stereocenters. The number of pyridine rings is 1. The minimum atomic E-state index is -0.263. The summed E-state index contributed by atoms with van der Waals surface area (Å²) >= 11 is 0. The van der Waals surface area contributed by atoms with E-state index in [0.717, 1.165) is 11.1 Å². The van der Waals surface area contributed by atoms with Crippen molar-refractivity contribution in [1.82, 2.24) is 4.40 Å². The maximum absolute atomic E-state index is 11.5. The van der Waals surface area contributed by atoms with E-state index in [9.17, 15) is 4.79 Å². The van der Waals surface area contributed by atoms with Crippen LogP contribution in [0, 0.1) is 6.92 Å². The Morgan fingerprint density at radius 3 is 3.00 bits per heavy atom. The van der Waals surface area contributed by atoms with Gasteiger partial charge in [0, 0.05) is 17.9 Å². The Hall–Kier alpha value is -1.77. The minimum Gasteiger partial charge on any atom is -0.462 e. The molecule has 3 heteroatoms. The first-order chi connectivity index (χ1) is 7.22. The second-order valence-electron chi connectivity index (χ2n) is 3.43. The van der Waals surface area contributed by atoms with E-state index in [0.29, 0.717) is 12.2 Å². The number of carbonyl (C=O) groups excluding carboxylic acids is 1. The molecule has 0 spiro atoms. The number of hydrogen-bond acceptors (Lipinski definition) is 2. The largest absolute Gasteiger partial charge is 0.462 e. The Labute approximate surface area is 88.3 Å². The monoisotopic (exact) mass is 203 g/mol. The second kappa shape index (κ2) is 3.77. The summed E-state index contributed by atoms with van der Waals surface area (Å²) in [5.41, 5.74) is 2.79. The number of ether oxygens (including phenoxy) is 1.